The van der Waals surface area contributed by atoms with E-state index in [0.29, 0.717) is 36.1 Å². The smallest absolute Gasteiger partial charge is 0.329 e. The summed E-state index contributed by atoms with van der Waals surface area (Å²) in [5.74, 6) is -0.943. The number of carbonyl (C=O) groups is 1. The average molecular weight is 410 g/mol. The predicted octanol–water partition coefficient (Wildman–Crippen LogP) is 1.70. The fraction of sp³-hybridized carbons (Fsp3) is 0.318. The molecule has 0 bridgehead atoms. The van der Waals surface area contributed by atoms with E-state index in [-0.39, 0.29) is 24.1 Å². The number of carbonyl (C=O) groups excluding carboxylic acids is 1. The monoisotopic (exact) mass is 410 g/mol. The molecule has 0 saturated carbocycles. The van der Waals surface area contributed by atoms with Crippen LogP contribution in [0.3, 0.4) is 0 Å². The van der Waals surface area contributed by atoms with Crippen LogP contribution in [0.2, 0.25) is 0 Å². The van der Waals surface area contributed by atoms with Gasteiger partial charge in [0.05, 0.1) is 23.0 Å². The van der Waals surface area contributed by atoms with Crippen LogP contribution in [0.5, 0.6) is 0 Å². The maximum atomic E-state index is 14.5. The maximum Gasteiger partial charge on any atom is 0.329 e. The summed E-state index contributed by atoms with van der Waals surface area (Å²) >= 11 is 0. The van der Waals surface area contributed by atoms with Crippen LogP contribution in [0.25, 0.3) is 10.9 Å². The number of fused-ring (bicyclic) bond motifs is 1. The summed E-state index contributed by atoms with van der Waals surface area (Å²) in [6, 6.07) is 11.3. The standard InChI is InChI=1S/C22H23FN4O3/c1-2-15-13-26(10-9-24-15)21(29)17-11-14(7-8-18(17)23)12-27-19-6-4-3-5-16(19)20(28)25-22(27)30/h3-8,11,15,24H,2,9-10,12-13H2,1H3,(H,25,28,30)/t15-/m1/s1. The summed E-state index contributed by atoms with van der Waals surface area (Å²) in [6.07, 6.45) is 0.883. The van der Waals surface area contributed by atoms with Gasteiger partial charge < -0.3 is 10.2 Å². The molecule has 3 aromatic rings. The van der Waals surface area contributed by atoms with Crippen LogP contribution in [-0.4, -0.2) is 46.0 Å². The van der Waals surface area contributed by atoms with Gasteiger partial charge in [0.2, 0.25) is 0 Å². The van der Waals surface area contributed by atoms with Gasteiger partial charge in [-0.2, -0.15) is 0 Å². The van der Waals surface area contributed by atoms with Crippen molar-refractivity contribution in [1.82, 2.24) is 19.8 Å². The van der Waals surface area contributed by atoms with Crippen LogP contribution in [0, 0.1) is 5.82 Å². The number of piperazine rings is 1. The zero-order valence-electron chi connectivity index (χ0n) is 16.7. The fourth-order valence-electron chi connectivity index (χ4n) is 3.87. The Morgan fingerprint density at radius 2 is 2.00 bits per heavy atom. The molecule has 0 radical (unpaired) electrons. The number of benzene rings is 2. The number of rotatable bonds is 4. The highest BCUT2D eigenvalue weighted by atomic mass is 19.1. The van der Waals surface area contributed by atoms with Gasteiger partial charge in [-0.05, 0) is 36.2 Å². The Morgan fingerprint density at radius 1 is 1.20 bits per heavy atom. The number of hydrogen-bond acceptors (Lipinski definition) is 4. The third kappa shape index (κ3) is 3.78. The second-order valence-electron chi connectivity index (χ2n) is 7.49. The van der Waals surface area contributed by atoms with Gasteiger partial charge in [-0.3, -0.25) is 19.1 Å². The Kier molecular flexibility index (Phi) is 5.50. The van der Waals surface area contributed by atoms with E-state index < -0.39 is 17.1 Å². The van der Waals surface area contributed by atoms with E-state index in [1.807, 2.05) is 6.92 Å². The van der Waals surface area contributed by atoms with Crippen molar-refractivity contribution in [2.24, 2.45) is 0 Å². The molecule has 1 aliphatic heterocycles. The lowest BCUT2D eigenvalue weighted by Gasteiger charge is -2.33. The van der Waals surface area contributed by atoms with E-state index in [1.54, 1.807) is 35.2 Å². The number of amides is 1. The maximum absolute atomic E-state index is 14.5. The first kappa shape index (κ1) is 20.0. The van der Waals surface area contributed by atoms with E-state index in [0.717, 1.165) is 6.42 Å². The normalized spacial score (nSPS) is 16.7. The van der Waals surface area contributed by atoms with E-state index in [9.17, 15) is 18.8 Å². The van der Waals surface area contributed by atoms with Gasteiger partial charge in [0.25, 0.3) is 11.5 Å². The highest BCUT2D eigenvalue weighted by Gasteiger charge is 2.25. The molecule has 30 heavy (non-hydrogen) atoms. The lowest BCUT2D eigenvalue weighted by atomic mass is 10.1. The molecular formula is C22H23FN4O3. The van der Waals surface area contributed by atoms with Gasteiger partial charge in [0.15, 0.2) is 0 Å². The quantitative estimate of drug-likeness (QED) is 0.686. The predicted molar refractivity (Wildman–Crippen MR) is 112 cm³/mol. The second-order valence-corrected chi connectivity index (χ2v) is 7.49. The van der Waals surface area contributed by atoms with Gasteiger partial charge in [-0.25, -0.2) is 9.18 Å². The first-order valence-electron chi connectivity index (χ1n) is 10.0. The number of H-pyrrole nitrogens is 1. The molecule has 2 N–H and O–H groups in total. The molecule has 0 unspecified atom stereocenters. The van der Waals surface area contributed by atoms with Crippen LogP contribution in [0.1, 0.15) is 29.3 Å². The van der Waals surface area contributed by atoms with Gasteiger partial charge in [-0.1, -0.05) is 25.1 Å². The summed E-state index contributed by atoms with van der Waals surface area (Å²) in [6.45, 7) is 3.87. The third-order valence-corrected chi connectivity index (χ3v) is 5.54. The fourth-order valence-corrected chi connectivity index (χ4v) is 3.87. The molecule has 156 valence electrons. The van der Waals surface area contributed by atoms with Gasteiger partial charge in [-0.15, -0.1) is 0 Å². The Morgan fingerprint density at radius 3 is 2.80 bits per heavy atom. The zero-order chi connectivity index (χ0) is 21.3. The summed E-state index contributed by atoms with van der Waals surface area (Å²) in [5, 5.41) is 3.73. The number of hydrogen-bond donors (Lipinski definition) is 2. The molecule has 1 fully saturated rings. The number of aromatic amines is 1. The first-order chi connectivity index (χ1) is 14.5. The Hall–Kier alpha value is -3.26. The Bertz CT molecular complexity index is 1220. The molecule has 7 nitrogen and oxygen atoms in total. The minimum absolute atomic E-state index is 0.00830. The summed E-state index contributed by atoms with van der Waals surface area (Å²) < 4.78 is 15.9. The molecule has 2 heterocycles. The Labute approximate surface area is 172 Å². The van der Waals surface area contributed by atoms with Gasteiger partial charge >= 0.3 is 5.69 Å². The van der Waals surface area contributed by atoms with E-state index in [4.69, 9.17) is 0 Å². The molecule has 1 saturated heterocycles. The van der Waals surface area contributed by atoms with E-state index >= 15 is 0 Å². The molecule has 0 spiro atoms. The lowest BCUT2D eigenvalue weighted by molar-refractivity contribution is 0.0696. The molecule has 1 atom stereocenters. The largest absolute Gasteiger partial charge is 0.336 e. The molecule has 1 amide bonds. The number of para-hydroxylation sites is 1. The minimum Gasteiger partial charge on any atom is -0.336 e. The number of nitrogens with zero attached hydrogens (tertiary/aromatic N) is 2. The minimum atomic E-state index is -0.589. The van der Waals surface area contributed by atoms with Crippen molar-refractivity contribution >= 4 is 16.8 Å². The van der Waals surface area contributed by atoms with Gasteiger partial charge in [0, 0.05) is 25.7 Å². The molecule has 0 aliphatic carbocycles. The molecule has 1 aromatic heterocycles. The number of halogens is 1. The van der Waals surface area contributed by atoms with Crippen molar-refractivity contribution in [2.75, 3.05) is 19.6 Å². The highest BCUT2D eigenvalue weighted by molar-refractivity contribution is 5.94. The first-order valence-corrected chi connectivity index (χ1v) is 10.0. The van der Waals surface area contributed by atoms with Crippen LogP contribution in [-0.2, 0) is 6.54 Å². The van der Waals surface area contributed by atoms with E-state index in [1.165, 1.54) is 16.7 Å². The molecular weight excluding hydrogens is 387 g/mol. The summed E-state index contributed by atoms with van der Waals surface area (Å²) in [5.41, 5.74) is 0.0680. The van der Waals surface area contributed by atoms with Crippen molar-refractivity contribution in [2.45, 2.75) is 25.9 Å². The third-order valence-electron chi connectivity index (χ3n) is 5.54. The topological polar surface area (TPSA) is 87.2 Å². The zero-order valence-corrected chi connectivity index (χ0v) is 16.7. The van der Waals surface area contributed by atoms with Crippen molar-refractivity contribution in [3.05, 3.63) is 80.2 Å². The van der Waals surface area contributed by atoms with E-state index in [2.05, 4.69) is 10.3 Å². The van der Waals surface area contributed by atoms with Crippen molar-refractivity contribution < 1.29 is 9.18 Å². The average Bonchev–Trinajstić information content (AvgIpc) is 2.77. The molecule has 2 aromatic carbocycles. The lowest BCUT2D eigenvalue weighted by Crippen LogP contribution is -2.52. The SMILES string of the molecule is CC[C@@H]1CN(C(=O)c2cc(Cn3c(=O)[nH]c(=O)c4ccccc43)ccc2F)CCN1. The van der Waals surface area contributed by atoms with Crippen LogP contribution >= 0.6 is 0 Å². The molecule has 8 heteroatoms. The number of aromatic nitrogens is 2. The summed E-state index contributed by atoms with van der Waals surface area (Å²) in [4.78, 5) is 41.4. The van der Waals surface area contributed by atoms with Crippen molar-refractivity contribution in [3.8, 4) is 0 Å². The van der Waals surface area contributed by atoms with Crippen molar-refractivity contribution in [3.63, 3.8) is 0 Å². The molecule has 1 aliphatic rings. The van der Waals surface area contributed by atoms with Crippen molar-refractivity contribution in [1.29, 1.82) is 0 Å². The Balaban J connectivity index is 1.68. The van der Waals surface area contributed by atoms with Crippen LogP contribution in [0.4, 0.5) is 4.39 Å². The second kappa shape index (κ2) is 8.23. The highest BCUT2D eigenvalue weighted by Crippen LogP contribution is 2.17. The summed E-state index contributed by atoms with van der Waals surface area (Å²) in [7, 11) is 0. The number of nitrogens with one attached hydrogen (secondary N) is 2. The van der Waals surface area contributed by atoms with Crippen LogP contribution in [0.15, 0.2) is 52.1 Å². The molecule has 4 rings (SSSR count). The van der Waals surface area contributed by atoms with Crippen LogP contribution < -0.4 is 16.6 Å². The van der Waals surface area contributed by atoms with Gasteiger partial charge in [0.1, 0.15) is 5.82 Å².